The fourth-order valence-electron chi connectivity index (χ4n) is 2.00. The van der Waals surface area contributed by atoms with Gasteiger partial charge in [0.15, 0.2) is 0 Å². The van der Waals surface area contributed by atoms with E-state index in [-0.39, 0.29) is 11.8 Å². The van der Waals surface area contributed by atoms with Crippen molar-refractivity contribution in [1.82, 2.24) is 10.9 Å². The van der Waals surface area contributed by atoms with Gasteiger partial charge in [0.1, 0.15) is 0 Å². The van der Waals surface area contributed by atoms with Crippen molar-refractivity contribution in [2.45, 2.75) is 12.3 Å². The molecule has 86 valence electrons. The van der Waals surface area contributed by atoms with Gasteiger partial charge < -0.3 is 5.32 Å². The van der Waals surface area contributed by atoms with E-state index in [4.69, 9.17) is 11.6 Å². The molecule has 1 unspecified atom stereocenters. The van der Waals surface area contributed by atoms with Crippen LogP contribution in [-0.2, 0) is 4.79 Å². The molecule has 0 spiro atoms. The standard InChI is InChI=1S/C11H14ClN3O/c1-13-15-11(16)8-5-6-14-10-7(8)3-2-4-9(10)12/h2-4,8,13-14H,5-6H2,1H3,(H,15,16). The Morgan fingerprint density at radius 1 is 1.56 bits per heavy atom. The molecule has 5 heteroatoms. The van der Waals surface area contributed by atoms with Gasteiger partial charge in [0, 0.05) is 13.6 Å². The third-order valence-corrected chi connectivity index (χ3v) is 3.04. The van der Waals surface area contributed by atoms with E-state index in [1.807, 2.05) is 18.2 Å². The molecule has 4 nitrogen and oxygen atoms in total. The monoisotopic (exact) mass is 239 g/mol. The number of carbonyl (C=O) groups is 1. The highest BCUT2D eigenvalue weighted by Gasteiger charge is 2.27. The van der Waals surface area contributed by atoms with Crippen LogP contribution >= 0.6 is 11.6 Å². The maximum atomic E-state index is 11.8. The minimum absolute atomic E-state index is 0.0208. The van der Waals surface area contributed by atoms with Gasteiger partial charge in [-0.3, -0.25) is 10.2 Å². The summed E-state index contributed by atoms with van der Waals surface area (Å²) in [6, 6.07) is 5.63. The van der Waals surface area contributed by atoms with E-state index >= 15 is 0 Å². The van der Waals surface area contributed by atoms with Crippen LogP contribution in [0.4, 0.5) is 5.69 Å². The second-order valence-electron chi connectivity index (χ2n) is 3.71. The van der Waals surface area contributed by atoms with E-state index in [0.29, 0.717) is 5.02 Å². The van der Waals surface area contributed by atoms with E-state index in [9.17, 15) is 4.79 Å². The molecule has 2 rings (SSSR count). The molecule has 1 heterocycles. The van der Waals surface area contributed by atoms with Gasteiger partial charge in [-0.2, -0.15) is 0 Å². The van der Waals surface area contributed by atoms with E-state index in [0.717, 1.165) is 24.2 Å². The van der Waals surface area contributed by atoms with Crippen molar-refractivity contribution < 1.29 is 4.79 Å². The van der Waals surface area contributed by atoms with Crippen molar-refractivity contribution in [2.24, 2.45) is 0 Å². The molecule has 1 aliphatic rings. The Balaban J connectivity index is 2.33. The van der Waals surface area contributed by atoms with Gasteiger partial charge in [-0.25, -0.2) is 5.43 Å². The van der Waals surface area contributed by atoms with Crippen molar-refractivity contribution in [1.29, 1.82) is 0 Å². The zero-order valence-electron chi connectivity index (χ0n) is 9.01. The number of hydrogen-bond acceptors (Lipinski definition) is 3. The maximum absolute atomic E-state index is 11.8. The fraction of sp³-hybridized carbons (Fsp3) is 0.364. The third-order valence-electron chi connectivity index (χ3n) is 2.72. The number of hydrazine groups is 1. The summed E-state index contributed by atoms with van der Waals surface area (Å²) in [4.78, 5) is 11.8. The minimum Gasteiger partial charge on any atom is -0.384 e. The van der Waals surface area contributed by atoms with Crippen LogP contribution < -0.4 is 16.2 Å². The Morgan fingerprint density at radius 3 is 3.12 bits per heavy atom. The number of nitrogens with one attached hydrogen (secondary N) is 3. The van der Waals surface area contributed by atoms with Gasteiger partial charge in [-0.15, -0.1) is 0 Å². The average Bonchev–Trinajstić information content (AvgIpc) is 2.29. The third kappa shape index (κ3) is 1.99. The Hall–Kier alpha value is -1.26. The first-order valence-electron chi connectivity index (χ1n) is 5.23. The SMILES string of the molecule is CNNC(=O)C1CCNc2c(Cl)cccc21. The molecule has 0 saturated carbocycles. The summed E-state index contributed by atoms with van der Waals surface area (Å²) >= 11 is 6.08. The number of carbonyl (C=O) groups excluding carboxylic acids is 1. The molecule has 0 saturated heterocycles. The summed E-state index contributed by atoms with van der Waals surface area (Å²) in [5.41, 5.74) is 7.12. The maximum Gasteiger partial charge on any atom is 0.241 e. The number of fused-ring (bicyclic) bond motifs is 1. The lowest BCUT2D eigenvalue weighted by atomic mass is 9.90. The van der Waals surface area contributed by atoms with Crippen LogP contribution in [-0.4, -0.2) is 19.5 Å². The smallest absolute Gasteiger partial charge is 0.241 e. The van der Waals surface area contributed by atoms with Crippen LogP contribution in [0.25, 0.3) is 0 Å². The van der Waals surface area contributed by atoms with Crippen LogP contribution in [0.3, 0.4) is 0 Å². The second-order valence-corrected chi connectivity index (χ2v) is 4.12. The van der Waals surface area contributed by atoms with Gasteiger partial charge in [0.05, 0.1) is 16.6 Å². The van der Waals surface area contributed by atoms with Gasteiger partial charge in [-0.1, -0.05) is 23.7 Å². The molecule has 0 aromatic heterocycles. The molecule has 16 heavy (non-hydrogen) atoms. The number of halogens is 1. The molecule has 0 aliphatic carbocycles. The Kier molecular flexibility index (Phi) is 3.31. The van der Waals surface area contributed by atoms with Crippen molar-refractivity contribution in [3.8, 4) is 0 Å². The highest BCUT2D eigenvalue weighted by atomic mass is 35.5. The topological polar surface area (TPSA) is 53.2 Å². The first kappa shape index (κ1) is 11.2. The largest absolute Gasteiger partial charge is 0.384 e. The highest BCUT2D eigenvalue weighted by Crippen LogP contribution is 2.36. The Morgan fingerprint density at radius 2 is 2.38 bits per heavy atom. The molecule has 0 bridgehead atoms. The van der Waals surface area contributed by atoms with Gasteiger partial charge in [0.25, 0.3) is 0 Å². The number of benzene rings is 1. The van der Waals surface area contributed by atoms with Crippen molar-refractivity contribution in [3.05, 3.63) is 28.8 Å². The minimum atomic E-state index is -0.137. The number of para-hydroxylation sites is 1. The van der Waals surface area contributed by atoms with E-state index in [2.05, 4.69) is 16.2 Å². The molecule has 1 atom stereocenters. The molecular formula is C11H14ClN3O. The van der Waals surface area contributed by atoms with Crippen LogP contribution in [0.15, 0.2) is 18.2 Å². The van der Waals surface area contributed by atoms with Crippen molar-refractivity contribution >= 4 is 23.2 Å². The van der Waals surface area contributed by atoms with E-state index in [1.54, 1.807) is 7.05 Å². The molecule has 0 radical (unpaired) electrons. The number of rotatable bonds is 2. The molecule has 1 aromatic carbocycles. The fourth-order valence-corrected chi connectivity index (χ4v) is 2.25. The van der Waals surface area contributed by atoms with Crippen LogP contribution in [0, 0.1) is 0 Å². The van der Waals surface area contributed by atoms with E-state index < -0.39 is 0 Å². The van der Waals surface area contributed by atoms with Crippen LogP contribution in [0.5, 0.6) is 0 Å². The van der Waals surface area contributed by atoms with Gasteiger partial charge in [-0.05, 0) is 18.1 Å². The van der Waals surface area contributed by atoms with E-state index in [1.165, 1.54) is 0 Å². The highest BCUT2D eigenvalue weighted by molar-refractivity contribution is 6.33. The summed E-state index contributed by atoms with van der Waals surface area (Å²) in [5, 5.41) is 3.89. The van der Waals surface area contributed by atoms with Crippen molar-refractivity contribution in [2.75, 3.05) is 18.9 Å². The Labute approximate surface area is 99.3 Å². The van der Waals surface area contributed by atoms with Crippen molar-refractivity contribution in [3.63, 3.8) is 0 Å². The van der Waals surface area contributed by atoms with Gasteiger partial charge in [0.2, 0.25) is 5.91 Å². The van der Waals surface area contributed by atoms with Crippen LogP contribution in [0.2, 0.25) is 5.02 Å². The molecule has 1 amide bonds. The summed E-state index contributed by atoms with van der Waals surface area (Å²) < 4.78 is 0. The molecule has 0 fully saturated rings. The molecule has 1 aromatic rings. The average molecular weight is 240 g/mol. The normalized spacial score (nSPS) is 18.5. The summed E-state index contributed by atoms with van der Waals surface area (Å²) in [6.07, 6.45) is 0.779. The summed E-state index contributed by atoms with van der Waals surface area (Å²) in [6.45, 7) is 0.762. The molecule has 1 aliphatic heterocycles. The van der Waals surface area contributed by atoms with Crippen LogP contribution in [0.1, 0.15) is 17.9 Å². The lowest BCUT2D eigenvalue weighted by molar-refractivity contribution is -0.123. The Bertz CT molecular complexity index is 408. The number of anilines is 1. The predicted octanol–water partition coefficient (Wildman–Crippen LogP) is 1.49. The first-order valence-corrected chi connectivity index (χ1v) is 5.60. The zero-order valence-corrected chi connectivity index (χ0v) is 9.77. The lowest BCUT2D eigenvalue weighted by Gasteiger charge is -2.26. The quantitative estimate of drug-likeness (QED) is 0.686. The van der Waals surface area contributed by atoms with Gasteiger partial charge >= 0.3 is 0 Å². The molecular weight excluding hydrogens is 226 g/mol. The zero-order chi connectivity index (χ0) is 11.5. The molecule has 3 N–H and O–H groups in total. The second kappa shape index (κ2) is 4.72. The lowest BCUT2D eigenvalue weighted by Crippen LogP contribution is -2.39. The number of hydrogen-bond donors (Lipinski definition) is 3. The first-order chi connectivity index (χ1) is 7.74. The summed E-state index contributed by atoms with van der Waals surface area (Å²) in [7, 11) is 1.68. The summed E-state index contributed by atoms with van der Waals surface area (Å²) in [5.74, 6) is -0.157. The predicted molar refractivity (Wildman–Crippen MR) is 64.5 cm³/mol. The number of amides is 1.